The monoisotopic (exact) mass is 338 g/mol. The Balaban J connectivity index is 1.69. The van der Waals surface area contributed by atoms with Crippen LogP contribution in [-0.4, -0.2) is 21.5 Å². The first-order chi connectivity index (χ1) is 11.7. The van der Waals surface area contributed by atoms with Crippen LogP contribution < -0.4 is 16.0 Å². The summed E-state index contributed by atoms with van der Waals surface area (Å²) in [5.41, 5.74) is 8.99. The molecule has 0 atom stereocenters. The van der Waals surface area contributed by atoms with Crippen molar-refractivity contribution in [2.75, 3.05) is 22.5 Å². The Hall–Kier alpha value is -2.86. The van der Waals surface area contributed by atoms with Gasteiger partial charge in [-0.25, -0.2) is 0 Å². The molecule has 3 aromatic rings. The van der Waals surface area contributed by atoms with Gasteiger partial charge in [0.2, 0.25) is 17.8 Å². The first kappa shape index (κ1) is 14.7. The predicted octanol–water partition coefficient (Wildman–Crippen LogP) is 3.55. The van der Waals surface area contributed by atoms with Crippen LogP contribution in [0.5, 0.6) is 0 Å². The highest BCUT2D eigenvalue weighted by atomic mass is 35.5. The molecular formula is C17H15ClN6. The van der Waals surface area contributed by atoms with Gasteiger partial charge in [0, 0.05) is 22.9 Å². The van der Waals surface area contributed by atoms with Crippen LogP contribution in [0.2, 0.25) is 5.02 Å². The number of nitrogen functional groups attached to an aromatic ring is 1. The molecule has 2 heterocycles. The van der Waals surface area contributed by atoms with Gasteiger partial charge in [-0.1, -0.05) is 35.9 Å². The molecule has 1 aromatic heterocycles. The topological polar surface area (TPSA) is 80.0 Å². The molecule has 24 heavy (non-hydrogen) atoms. The summed E-state index contributed by atoms with van der Waals surface area (Å²) >= 11 is 6.13. The van der Waals surface area contributed by atoms with Crippen molar-refractivity contribution in [1.29, 1.82) is 0 Å². The van der Waals surface area contributed by atoms with Gasteiger partial charge in [-0.3, -0.25) is 0 Å². The van der Waals surface area contributed by atoms with Gasteiger partial charge in [0.1, 0.15) is 0 Å². The van der Waals surface area contributed by atoms with Crippen molar-refractivity contribution >= 4 is 40.8 Å². The van der Waals surface area contributed by atoms with Crippen LogP contribution in [0.25, 0.3) is 0 Å². The SMILES string of the molecule is Nc1nc(Nc2ccccc2)nc(N2CCc3ccc(Cl)cc32)n1. The number of halogens is 1. The minimum absolute atomic E-state index is 0.175. The zero-order valence-electron chi connectivity index (χ0n) is 12.8. The van der Waals surface area contributed by atoms with Crippen molar-refractivity contribution in [3.8, 4) is 0 Å². The van der Waals surface area contributed by atoms with Gasteiger partial charge < -0.3 is 16.0 Å². The van der Waals surface area contributed by atoms with E-state index in [0.717, 1.165) is 24.3 Å². The Kier molecular flexibility index (Phi) is 3.66. The second kappa shape index (κ2) is 5.98. The third kappa shape index (κ3) is 2.83. The summed E-state index contributed by atoms with van der Waals surface area (Å²) in [4.78, 5) is 15.0. The molecule has 0 aliphatic carbocycles. The van der Waals surface area contributed by atoms with E-state index in [-0.39, 0.29) is 5.95 Å². The van der Waals surface area contributed by atoms with E-state index in [4.69, 9.17) is 17.3 Å². The van der Waals surface area contributed by atoms with Gasteiger partial charge in [0.15, 0.2) is 0 Å². The summed E-state index contributed by atoms with van der Waals surface area (Å²) < 4.78 is 0. The lowest BCUT2D eigenvalue weighted by molar-refractivity contribution is 0.926. The molecule has 0 bridgehead atoms. The zero-order valence-corrected chi connectivity index (χ0v) is 13.5. The van der Waals surface area contributed by atoms with Gasteiger partial charge >= 0.3 is 0 Å². The summed E-state index contributed by atoms with van der Waals surface area (Å²) in [5.74, 6) is 1.11. The van der Waals surface area contributed by atoms with Crippen molar-refractivity contribution < 1.29 is 0 Å². The molecule has 0 fully saturated rings. The predicted molar refractivity (Wildman–Crippen MR) is 96.1 cm³/mol. The maximum absolute atomic E-state index is 6.13. The fraction of sp³-hybridized carbons (Fsp3) is 0.118. The lowest BCUT2D eigenvalue weighted by atomic mass is 10.2. The molecule has 0 amide bonds. The first-order valence-electron chi connectivity index (χ1n) is 7.59. The number of anilines is 5. The third-order valence-corrected chi connectivity index (χ3v) is 4.09. The van der Waals surface area contributed by atoms with E-state index in [1.807, 2.05) is 53.4 Å². The van der Waals surface area contributed by atoms with Crippen LogP contribution in [0.1, 0.15) is 5.56 Å². The molecule has 4 rings (SSSR count). The van der Waals surface area contributed by atoms with Gasteiger partial charge in [0.25, 0.3) is 0 Å². The molecule has 0 saturated heterocycles. The first-order valence-corrected chi connectivity index (χ1v) is 7.96. The largest absolute Gasteiger partial charge is 0.368 e. The van der Waals surface area contributed by atoms with E-state index in [9.17, 15) is 0 Å². The molecule has 1 aliphatic heterocycles. The number of rotatable bonds is 3. The Morgan fingerprint density at radius 2 is 1.88 bits per heavy atom. The normalized spacial score (nSPS) is 13.0. The Morgan fingerprint density at radius 3 is 2.71 bits per heavy atom. The number of nitrogens with zero attached hydrogens (tertiary/aromatic N) is 4. The summed E-state index contributed by atoms with van der Waals surface area (Å²) in [6.45, 7) is 0.782. The smallest absolute Gasteiger partial charge is 0.236 e. The van der Waals surface area contributed by atoms with Crippen molar-refractivity contribution in [2.45, 2.75) is 6.42 Å². The highest BCUT2D eigenvalue weighted by Gasteiger charge is 2.23. The van der Waals surface area contributed by atoms with Gasteiger partial charge in [-0.15, -0.1) is 0 Å². The van der Waals surface area contributed by atoms with E-state index >= 15 is 0 Å². The van der Waals surface area contributed by atoms with Gasteiger partial charge in [-0.2, -0.15) is 15.0 Å². The number of nitrogens with two attached hydrogens (primary N) is 1. The van der Waals surface area contributed by atoms with Gasteiger partial charge in [0.05, 0.1) is 0 Å². The highest BCUT2D eigenvalue weighted by molar-refractivity contribution is 6.30. The van der Waals surface area contributed by atoms with E-state index in [0.29, 0.717) is 16.9 Å². The lowest BCUT2D eigenvalue weighted by Gasteiger charge is -2.18. The van der Waals surface area contributed by atoms with Crippen molar-refractivity contribution in [3.05, 3.63) is 59.1 Å². The van der Waals surface area contributed by atoms with Crippen LogP contribution >= 0.6 is 11.6 Å². The molecule has 0 saturated carbocycles. The summed E-state index contributed by atoms with van der Waals surface area (Å²) in [6.07, 6.45) is 0.916. The lowest BCUT2D eigenvalue weighted by Crippen LogP contribution is -2.18. The molecule has 7 heteroatoms. The quantitative estimate of drug-likeness (QED) is 0.760. The molecule has 3 N–H and O–H groups in total. The van der Waals surface area contributed by atoms with Crippen molar-refractivity contribution in [1.82, 2.24) is 15.0 Å². The van der Waals surface area contributed by atoms with E-state index in [1.165, 1.54) is 5.56 Å². The second-order valence-electron chi connectivity index (χ2n) is 5.48. The fourth-order valence-corrected chi connectivity index (χ4v) is 2.93. The number of hydrogen-bond acceptors (Lipinski definition) is 6. The average molecular weight is 339 g/mol. The standard InChI is InChI=1S/C17H15ClN6/c18-12-7-6-11-8-9-24(14(11)10-12)17-22-15(19)21-16(23-17)20-13-4-2-1-3-5-13/h1-7,10H,8-9H2,(H3,19,20,21,22,23). The van der Waals surface area contributed by atoms with E-state index < -0.39 is 0 Å². The second-order valence-corrected chi connectivity index (χ2v) is 5.92. The average Bonchev–Trinajstić information content (AvgIpc) is 2.98. The molecule has 6 nitrogen and oxygen atoms in total. The van der Waals surface area contributed by atoms with Crippen molar-refractivity contribution in [2.24, 2.45) is 0 Å². The van der Waals surface area contributed by atoms with E-state index in [2.05, 4.69) is 20.3 Å². The third-order valence-electron chi connectivity index (χ3n) is 3.86. The minimum atomic E-state index is 0.175. The maximum atomic E-state index is 6.13. The molecule has 0 radical (unpaired) electrons. The van der Waals surface area contributed by atoms with Crippen LogP contribution in [0.4, 0.5) is 29.2 Å². The number of nitrogens with one attached hydrogen (secondary N) is 1. The van der Waals surface area contributed by atoms with Crippen LogP contribution in [0.15, 0.2) is 48.5 Å². The zero-order chi connectivity index (χ0) is 16.5. The fourth-order valence-electron chi connectivity index (χ4n) is 2.77. The Morgan fingerprint density at radius 1 is 1.04 bits per heavy atom. The minimum Gasteiger partial charge on any atom is -0.368 e. The Labute approximate surface area is 144 Å². The number of hydrogen-bond donors (Lipinski definition) is 2. The van der Waals surface area contributed by atoms with Crippen LogP contribution in [0.3, 0.4) is 0 Å². The number of para-hydroxylation sites is 1. The summed E-state index contributed by atoms with van der Waals surface area (Å²) in [7, 11) is 0. The molecule has 1 aliphatic rings. The van der Waals surface area contributed by atoms with Crippen LogP contribution in [-0.2, 0) is 6.42 Å². The Bertz CT molecular complexity index is 884. The summed E-state index contributed by atoms with van der Waals surface area (Å²) in [5, 5.41) is 3.83. The molecule has 120 valence electrons. The van der Waals surface area contributed by atoms with Gasteiger partial charge in [-0.05, 0) is 36.2 Å². The van der Waals surface area contributed by atoms with Crippen LogP contribution in [0, 0.1) is 0 Å². The molecule has 0 unspecified atom stereocenters. The summed E-state index contributed by atoms with van der Waals surface area (Å²) in [6, 6.07) is 15.5. The maximum Gasteiger partial charge on any atom is 0.236 e. The number of fused-ring (bicyclic) bond motifs is 1. The highest BCUT2D eigenvalue weighted by Crippen LogP contribution is 2.35. The van der Waals surface area contributed by atoms with E-state index in [1.54, 1.807) is 0 Å². The number of benzene rings is 2. The molecule has 2 aromatic carbocycles. The molecular weight excluding hydrogens is 324 g/mol. The number of aromatic nitrogens is 3. The van der Waals surface area contributed by atoms with Crippen molar-refractivity contribution in [3.63, 3.8) is 0 Å². The molecule has 0 spiro atoms.